The molecule has 1 aliphatic carbocycles. The normalized spacial score (nSPS) is 12.4. The molecule has 0 atom stereocenters. The lowest BCUT2D eigenvalue weighted by Crippen LogP contribution is -2.14. The van der Waals surface area contributed by atoms with Crippen molar-refractivity contribution in [1.82, 2.24) is 0 Å². The molecule has 3 aromatic carbocycles. The van der Waals surface area contributed by atoms with E-state index in [-0.39, 0.29) is 10.8 Å². The van der Waals surface area contributed by atoms with Gasteiger partial charge in [0.25, 0.3) is 5.91 Å². The van der Waals surface area contributed by atoms with Crippen molar-refractivity contribution in [2.24, 2.45) is 0 Å². The molecule has 0 heterocycles. The van der Waals surface area contributed by atoms with E-state index in [1.165, 1.54) is 28.8 Å². The van der Waals surface area contributed by atoms with E-state index >= 15 is 0 Å². The number of aryl methyl sites for hydroxylation is 1. The number of nitrogens with one attached hydrogen (secondary N) is 1. The van der Waals surface area contributed by atoms with Gasteiger partial charge in [0.05, 0.1) is 4.90 Å². The first-order chi connectivity index (χ1) is 12.8. The second-order valence-corrected chi connectivity index (χ2v) is 8.92. The van der Waals surface area contributed by atoms with E-state index in [1.54, 1.807) is 13.0 Å². The van der Waals surface area contributed by atoms with E-state index in [4.69, 9.17) is 0 Å². The van der Waals surface area contributed by atoms with Crippen molar-refractivity contribution >= 4 is 21.4 Å². The monoisotopic (exact) mass is 377 g/mol. The van der Waals surface area contributed by atoms with Crippen LogP contribution in [0.3, 0.4) is 0 Å². The molecule has 1 amide bonds. The number of sulfone groups is 1. The number of hydrogen-bond donors (Lipinski definition) is 1. The number of benzene rings is 3. The van der Waals surface area contributed by atoms with Crippen molar-refractivity contribution < 1.29 is 13.2 Å². The average Bonchev–Trinajstić information content (AvgIpc) is 2.99. The lowest BCUT2D eigenvalue weighted by atomic mass is 10.0. The van der Waals surface area contributed by atoms with E-state index in [9.17, 15) is 13.2 Å². The van der Waals surface area contributed by atoms with Crippen molar-refractivity contribution in [2.45, 2.75) is 18.2 Å². The fourth-order valence-corrected chi connectivity index (χ4v) is 4.12. The van der Waals surface area contributed by atoms with Crippen LogP contribution < -0.4 is 5.32 Å². The van der Waals surface area contributed by atoms with Crippen molar-refractivity contribution in [3.05, 3.63) is 82.9 Å². The van der Waals surface area contributed by atoms with Crippen LogP contribution in [0.5, 0.6) is 0 Å². The van der Waals surface area contributed by atoms with E-state index < -0.39 is 9.84 Å². The Morgan fingerprint density at radius 2 is 1.67 bits per heavy atom. The molecule has 5 heteroatoms. The maximum atomic E-state index is 12.8. The summed E-state index contributed by atoms with van der Waals surface area (Å²) >= 11 is 0. The number of anilines is 1. The smallest absolute Gasteiger partial charge is 0.255 e. The minimum Gasteiger partial charge on any atom is -0.322 e. The van der Waals surface area contributed by atoms with Gasteiger partial charge in [0.15, 0.2) is 9.84 Å². The standard InChI is InChI=1S/C22H19NO3S/c1-14-7-10-18(27(2,25)26)13-20(14)22(24)23-17-9-8-16-11-15-5-3-4-6-19(15)21(16)12-17/h3-10,12-13H,11H2,1-2H3,(H,23,24). The third kappa shape index (κ3) is 3.26. The molecule has 0 fully saturated rings. The lowest BCUT2D eigenvalue weighted by molar-refractivity contribution is 0.102. The van der Waals surface area contributed by atoms with Gasteiger partial charge in [-0.3, -0.25) is 4.79 Å². The summed E-state index contributed by atoms with van der Waals surface area (Å²) in [6.45, 7) is 1.79. The molecular formula is C22H19NO3S. The third-order valence-corrected chi connectivity index (χ3v) is 6.05. The Bertz CT molecular complexity index is 1180. The predicted molar refractivity (Wildman–Crippen MR) is 107 cm³/mol. The number of hydrogen-bond acceptors (Lipinski definition) is 3. The topological polar surface area (TPSA) is 63.2 Å². The minimum absolute atomic E-state index is 0.140. The van der Waals surface area contributed by atoms with Gasteiger partial charge in [0.1, 0.15) is 0 Å². The summed E-state index contributed by atoms with van der Waals surface area (Å²) in [7, 11) is -3.37. The van der Waals surface area contributed by atoms with Gasteiger partial charge >= 0.3 is 0 Å². The Morgan fingerprint density at radius 1 is 0.926 bits per heavy atom. The SMILES string of the molecule is Cc1ccc(S(C)(=O)=O)cc1C(=O)Nc1ccc2c(c1)-c1ccccc1C2. The Hall–Kier alpha value is -2.92. The van der Waals surface area contributed by atoms with E-state index in [2.05, 4.69) is 17.4 Å². The predicted octanol–water partition coefficient (Wildman–Crippen LogP) is 4.22. The van der Waals surface area contributed by atoms with Crippen LogP contribution in [-0.2, 0) is 16.3 Å². The average molecular weight is 377 g/mol. The largest absolute Gasteiger partial charge is 0.322 e. The molecule has 0 radical (unpaired) electrons. The highest BCUT2D eigenvalue weighted by Crippen LogP contribution is 2.37. The molecular weight excluding hydrogens is 358 g/mol. The second-order valence-electron chi connectivity index (χ2n) is 6.91. The molecule has 0 spiro atoms. The molecule has 0 saturated heterocycles. The Kier molecular flexibility index (Phi) is 4.12. The summed E-state index contributed by atoms with van der Waals surface area (Å²) in [6, 6.07) is 18.8. The number of carbonyl (C=O) groups excluding carboxylic acids is 1. The summed E-state index contributed by atoms with van der Waals surface area (Å²) in [4.78, 5) is 12.9. The molecule has 1 N–H and O–H groups in total. The Morgan fingerprint density at radius 3 is 2.44 bits per heavy atom. The highest BCUT2D eigenvalue weighted by atomic mass is 32.2. The van der Waals surface area contributed by atoms with Gasteiger partial charge in [-0.15, -0.1) is 0 Å². The number of amides is 1. The van der Waals surface area contributed by atoms with Crippen LogP contribution in [0.4, 0.5) is 5.69 Å². The van der Waals surface area contributed by atoms with Crippen LogP contribution in [-0.4, -0.2) is 20.6 Å². The minimum atomic E-state index is -3.37. The summed E-state index contributed by atoms with van der Waals surface area (Å²) in [5.74, 6) is -0.316. The molecule has 0 aromatic heterocycles. The molecule has 27 heavy (non-hydrogen) atoms. The first-order valence-electron chi connectivity index (χ1n) is 8.66. The lowest BCUT2D eigenvalue weighted by Gasteiger charge is -2.11. The van der Waals surface area contributed by atoms with Gasteiger partial charge in [0, 0.05) is 17.5 Å². The van der Waals surface area contributed by atoms with Crippen LogP contribution in [0.1, 0.15) is 27.0 Å². The summed E-state index contributed by atoms with van der Waals surface area (Å²) in [5, 5.41) is 2.90. The van der Waals surface area contributed by atoms with Crippen LogP contribution >= 0.6 is 0 Å². The first-order valence-corrected chi connectivity index (χ1v) is 10.6. The van der Waals surface area contributed by atoms with Crippen molar-refractivity contribution in [1.29, 1.82) is 0 Å². The quantitative estimate of drug-likeness (QED) is 0.581. The zero-order chi connectivity index (χ0) is 19.2. The molecule has 0 aliphatic heterocycles. The molecule has 0 unspecified atom stereocenters. The van der Waals surface area contributed by atoms with Crippen LogP contribution in [0.15, 0.2) is 65.6 Å². The second kappa shape index (κ2) is 6.35. The van der Waals surface area contributed by atoms with Crippen LogP contribution in [0.25, 0.3) is 11.1 Å². The highest BCUT2D eigenvalue weighted by Gasteiger charge is 2.19. The van der Waals surface area contributed by atoms with Gasteiger partial charge in [-0.2, -0.15) is 0 Å². The number of carbonyl (C=O) groups is 1. The number of rotatable bonds is 3. The molecule has 4 rings (SSSR count). The summed E-state index contributed by atoms with van der Waals surface area (Å²) in [6.07, 6.45) is 2.03. The summed E-state index contributed by atoms with van der Waals surface area (Å²) in [5.41, 5.74) is 6.63. The van der Waals surface area contributed by atoms with Gasteiger partial charge < -0.3 is 5.32 Å². The fourth-order valence-electron chi connectivity index (χ4n) is 3.48. The van der Waals surface area contributed by atoms with Gasteiger partial charge in [-0.1, -0.05) is 36.4 Å². The molecule has 1 aliphatic rings. The first kappa shape index (κ1) is 17.5. The molecule has 0 bridgehead atoms. The number of fused-ring (bicyclic) bond motifs is 3. The zero-order valence-electron chi connectivity index (χ0n) is 15.1. The van der Waals surface area contributed by atoms with E-state index in [1.807, 2.05) is 30.3 Å². The fraction of sp³-hybridized carbons (Fsp3) is 0.136. The van der Waals surface area contributed by atoms with Crippen LogP contribution in [0, 0.1) is 6.92 Å². The zero-order valence-corrected chi connectivity index (χ0v) is 15.9. The Labute approximate surface area is 158 Å². The van der Waals surface area contributed by atoms with Gasteiger partial charge in [-0.05, 0) is 65.4 Å². The van der Waals surface area contributed by atoms with Gasteiger partial charge in [-0.25, -0.2) is 8.42 Å². The highest BCUT2D eigenvalue weighted by molar-refractivity contribution is 7.90. The maximum absolute atomic E-state index is 12.8. The third-order valence-electron chi connectivity index (χ3n) is 4.94. The van der Waals surface area contributed by atoms with Crippen molar-refractivity contribution in [2.75, 3.05) is 11.6 Å². The molecule has 136 valence electrons. The van der Waals surface area contributed by atoms with E-state index in [0.717, 1.165) is 23.8 Å². The van der Waals surface area contributed by atoms with Crippen LogP contribution in [0.2, 0.25) is 0 Å². The molecule has 0 saturated carbocycles. The summed E-state index contributed by atoms with van der Waals surface area (Å²) < 4.78 is 23.6. The van der Waals surface area contributed by atoms with Crippen molar-refractivity contribution in [3.63, 3.8) is 0 Å². The Balaban J connectivity index is 1.66. The molecule has 4 nitrogen and oxygen atoms in total. The molecule has 3 aromatic rings. The van der Waals surface area contributed by atoms with E-state index in [0.29, 0.717) is 11.3 Å². The van der Waals surface area contributed by atoms with Crippen molar-refractivity contribution in [3.8, 4) is 11.1 Å². The van der Waals surface area contributed by atoms with Gasteiger partial charge in [0.2, 0.25) is 0 Å². The maximum Gasteiger partial charge on any atom is 0.255 e.